The van der Waals surface area contributed by atoms with Crippen LogP contribution in [-0.2, 0) is 4.74 Å². The Labute approximate surface area is 139 Å². The van der Waals surface area contributed by atoms with E-state index < -0.39 is 0 Å². The van der Waals surface area contributed by atoms with Gasteiger partial charge in [0.25, 0.3) is 5.91 Å². The summed E-state index contributed by atoms with van der Waals surface area (Å²) < 4.78 is 5.70. The molecule has 1 aromatic carbocycles. The third kappa shape index (κ3) is 3.16. The van der Waals surface area contributed by atoms with Gasteiger partial charge in [-0.15, -0.1) is 11.3 Å². The largest absolute Gasteiger partial charge is 0.378 e. The second-order valence-electron chi connectivity index (χ2n) is 6.36. The lowest BCUT2D eigenvalue weighted by atomic mass is 10.1. The molecule has 2 aliphatic rings. The van der Waals surface area contributed by atoms with Crippen LogP contribution in [0.15, 0.2) is 29.6 Å². The van der Waals surface area contributed by atoms with Gasteiger partial charge in [-0.2, -0.15) is 0 Å². The third-order valence-corrected chi connectivity index (χ3v) is 5.43. The summed E-state index contributed by atoms with van der Waals surface area (Å²) in [6, 6.07) is 7.97. The molecule has 2 fully saturated rings. The minimum Gasteiger partial charge on any atom is -0.378 e. The lowest BCUT2D eigenvalue weighted by Gasteiger charge is -2.09. The smallest absolute Gasteiger partial charge is 0.251 e. The predicted octanol–water partition coefficient (Wildman–Crippen LogP) is 3.42. The number of carbonyl (C=O) groups excluding carboxylic acids is 1. The molecule has 1 saturated carbocycles. The highest BCUT2D eigenvalue weighted by atomic mass is 32.1. The summed E-state index contributed by atoms with van der Waals surface area (Å²) in [4.78, 5) is 16.8. The zero-order valence-electron chi connectivity index (χ0n) is 13.1. The Kier molecular flexibility index (Phi) is 3.91. The second-order valence-corrected chi connectivity index (χ2v) is 7.42. The number of aromatic nitrogens is 1. The molecule has 4 rings (SSSR count). The van der Waals surface area contributed by atoms with Crippen molar-refractivity contribution in [1.29, 1.82) is 0 Å². The van der Waals surface area contributed by atoms with Crippen LogP contribution in [-0.4, -0.2) is 29.6 Å². The van der Waals surface area contributed by atoms with Crippen LogP contribution in [0.4, 0.5) is 0 Å². The van der Waals surface area contributed by atoms with Gasteiger partial charge in [0.1, 0.15) is 0 Å². The first-order valence-electron chi connectivity index (χ1n) is 8.16. The van der Waals surface area contributed by atoms with E-state index in [9.17, 15) is 4.79 Å². The first-order valence-corrected chi connectivity index (χ1v) is 9.04. The maximum Gasteiger partial charge on any atom is 0.251 e. The number of benzene rings is 1. The van der Waals surface area contributed by atoms with Crippen molar-refractivity contribution >= 4 is 17.2 Å². The molecule has 1 amide bonds. The third-order valence-electron chi connectivity index (χ3n) is 4.66. The first kappa shape index (κ1) is 14.8. The quantitative estimate of drug-likeness (QED) is 0.935. The molecule has 1 N–H and O–H groups in total. The lowest BCUT2D eigenvalue weighted by Crippen LogP contribution is -2.28. The van der Waals surface area contributed by atoms with Gasteiger partial charge in [-0.3, -0.25) is 4.79 Å². The molecule has 0 radical (unpaired) electrons. The van der Waals surface area contributed by atoms with E-state index in [0.29, 0.717) is 17.6 Å². The Morgan fingerprint density at radius 1 is 1.35 bits per heavy atom. The van der Waals surface area contributed by atoms with E-state index >= 15 is 0 Å². The molecule has 1 aliphatic heterocycles. The highest BCUT2D eigenvalue weighted by molar-refractivity contribution is 7.09. The van der Waals surface area contributed by atoms with Gasteiger partial charge in [-0.25, -0.2) is 4.98 Å². The molecule has 0 spiro atoms. The van der Waals surface area contributed by atoms with E-state index in [-0.39, 0.29) is 11.9 Å². The lowest BCUT2D eigenvalue weighted by molar-refractivity contribution is 0.0865. The number of carbonyl (C=O) groups is 1. The number of hydrogen-bond acceptors (Lipinski definition) is 4. The van der Waals surface area contributed by atoms with Gasteiger partial charge in [0.05, 0.1) is 16.8 Å². The predicted molar refractivity (Wildman–Crippen MR) is 90.6 cm³/mol. The van der Waals surface area contributed by atoms with Crippen LogP contribution in [0.1, 0.15) is 34.6 Å². The normalized spacial score (nSPS) is 26.2. The molecule has 2 aromatic rings. The van der Waals surface area contributed by atoms with Crippen molar-refractivity contribution in [2.75, 3.05) is 6.61 Å². The van der Waals surface area contributed by atoms with Crippen LogP contribution < -0.4 is 5.32 Å². The maximum atomic E-state index is 12.3. The summed E-state index contributed by atoms with van der Waals surface area (Å²) in [5, 5.41) is 6.22. The van der Waals surface area contributed by atoms with Crippen LogP contribution in [0.2, 0.25) is 0 Å². The fourth-order valence-corrected chi connectivity index (χ4v) is 3.89. The summed E-state index contributed by atoms with van der Waals surface area (Å²) >= 11 is 1.64. The monoisotopic (exact) mass is 328 g/mol. The van der Waals surface area contributed by atoms with E-state index in [1.165, 1.54) is 0 Å². The van der Waals surface area contributed by atoms with Crippen LogP contribution in [0, 0.1) is 12.8 Å². The summed E-state index contributed by atoms with van der Waals surface area (Å²) in [7, 11) is 0. The van der Waals surface area contributed by atoms with Gasteiger partial charge in [0.2, 0.25) is 0 Å². The van der Waals surface area contributed by atoms with E-state index in [1.54, 1.807) is 11.3 Å². The molecule has 2 heterocycles. The van der Waals surface area contributed by atoms with Crippen molar-refractivity contribution in [1.82, 2.24) is 10.3 Å². The number of nitrogens with zero attached hydrogens (tertiary/aromatic N) is 1. The van der Waals surface area contributed by atoms with Crippen molar-refractivity contribution in [2.45, 2.75) is 38.3 Å². The molecule has 3 atom stereocenters. The Morgan fingerprint density at radius 2 is 2.17 bits per heavy atom. The number of nitrogens with one attached hydrogen (secondary N) is 1. The van der Waals surface area contributed by atoms with Gasteiger partial charge in [-0.05, 0) is 38.3 Å². The van der Waals surface area contributed by atoms with E-state index in [0.717, 1.165) is 42.1 Å². The van der Waals surface area contributed by atoms with Gasteiger partial charge in [-0.1, -0.05) is 12.1 Å². The van der Waals surface area contributed by atoms with Crippen molar-refractivity contribution < 1.29 is 9.53 Å². The number of rotatable bonds is 4. The number of aryl methyl sites for hydroxylation is 1. The van der Waals surface area contributed by atoms with E-state index in [4.69, 9.17) is 4.74 Å². The number of amides is 1. The van der Waals surface area contributed by atoms with Crippen LogP contribution >= 0.6 is 11.3 Å². The SMILES string of the molecule is Cc1nc(-c2ccc(C(=O)NC3CC3C3CCCO3)cc2)cs1. The highest BCUT2D eigenvalue weighted by Crippen LogP contribution is 2.39. The van der Waals surface area contributed by atoms with Crippen LogP contribution in [0.5, 0.6) is 0 Å². The molecule has 3 unspecified atom stereocenters. The number of ether oxygens (including phenoxy) is 1. The van der Waals surface area contributed by atoms with Gasteiger partial charge in [0.15, 0.2) is 0 Å². The van der Waals surface area contributed by atoms with Crippen molar-refractivity contribution in [3.63, 3.8) is 0 Å². The fourth-order valence-electron chi connectivity index (χ4n) is 3.27. The number of thiazole rings is 1. The van der Waals surface area contributed by atoms with Crippen molar-refractivity contribution in [3.8, 4) is 11.3 Å². The second kappa shape index (κ2) is 6.06. The number of hydrogen-bond donors (Lipinski definition) is 1. The highest BCUT2D eigenvalue weighted by Gasteiger charge is 2.45. The molecule has 23 heavy (non-hydrogen) atoms. The summed E-state index contributed by atoms with van der Waals surface area (Å²) in [6.45, 7) is 2.87. The molecule has 0 bridgehead atoms. The van der Waals surface area contributed by atoms with Crippen molar-refractivity contribution in [2.24, 2.45) is 5.92 Å². The molecular formula is C18H20N2O2S. The topological polar surface area (TPSA) is 51.2 Å². The average molecular weight is 328 g/mol. The summed E-state index contributed by atoms with van der Waals surface area (Å²) in [6.07, 6.45) is 3.70. The fraction of sp³-hybridized carbons (Fsp3) is 0.444. The molecule has 1 saturated heterocycles. The van der Waals surface area contributed by atoms with Gasteiger partial charge >= 0.3 is 0 Å². The molecule has 120 valence electrons. The standard InChI is InChI=1S/C18H20N2O2S/c1-11-19-16(10-23-11)12-4-6-13(7-5-12)18(21)20-15-9-14(15)17-3-2-8-22-17/h4-7,10,14-15,17H,2-3,8-9H2,1H3,(H,20,21). The molecule has 5 heteroatoms. The maximum absolute atomic E-state index is 12.3. The Hall–Kier alpha value is -1.72. The summed E-state index contributed by atoms with van der Waals surface area (Å²) in [5.74, 6) is 0.523. The average Bonchev–Trinajstić information content (AvgIpc) is 2.97. The van der Waals surface area contributed by atoms with E-state index in [1.807, 2.05) is 36.6 Å². The molecular weight excluding hydrogens is 308 g/mol. The minimum atomic E-state index is 0.0107. The van der Waals surface area contributed by atoms with Gasteiger partial charge < -0.3 is 10.1 Å². The van der Waals surface area contributed by atoms with Crippen LogP contribution in [0.25, 0.3) is 11.3 Å². The molecule has 1 aliphatic carbocycles. The zero-order chi connectivity index (χ0) is 15.8. The molecule has 4 nitrogen and oxygen atoms in total. The first-order chi connectivity index (χ1) is 11.2. The minimum absolute atomic E-state index is 0.0107. The molecule has 1 aromatic heterocycles. The Morgan fingerprint density at radius 3 is 2.83 bits per heavy atom. The van der Waals surface area contributed by atoms with Crippen molar-refractivity contribution in [3.05, 3.63) is 40.2 Å². The Bertz CT molecular complexity index is 704. The Balaban J connectivity index is 1.37. The van der Waals surface area contributed by atoms with E-state index in [2.05, 4.69) is 10.3 Å². The summed E-state index contributed by atoms with van der Waals surface area (Å²) in [5.41, 5.74) is 2.73. The zero-order valence-corrected chi connectivity index (χ0v) is 13.9. The van der Waals surface area contributed by atoms with Gasteiger partial charge in [0, 0.05) is 35.1 Å². The van der Waals surface area contributed by atoms with Crippen LogP contribution in [0.3, 0.4) is 0 Å².